The number of para-hydroxylation sites is 2. The second-order valence-corrected chi connectivity index (χ2v) is 6.72. The highest BCUT2D eigenvalue weighted by Crippen LogP contribution is 2.30. The van der Waals surface area contributed by atoms with E-state index in [0.29, 0.717) is 6.61 Å². The van der Waals surface area contributed by atoms with Gasteiger partial charge in [0.2, 0.25) is 0 Å². The van der Waals surface area contributed by atoms with Gasteiger partial charge in [-0.25, -0.2) is 4.98 Å². The van der Waals surface area contributed by atoms with Crippen LogP contribution in [-0.4, -0.2) is 68.4 Å². The molecule has 1 fully saturated rings. The predicted molar refractivity (Wildman–Crippen MR) is 102 cm³/mol. The molecule has 1 aromatic heterocycles. The third-order valence-corrected chi connectivity index (χ3v) is 4.89. The highest BCUT2D eigenvalue weighted by molar-refractivity contribution is 5.40. The number of pyridine rings is 1. The van der Waals surface area contributed by atoms with Crippen LogP contribution in [0.5, 0.6) is 11.5 Å². The van der Waals surface area contributed by atoms with Crippen LogP contribution in [0.15, 0.2) is 48.7 Å². The van der Waals surface area contributed by atoms with Gasteiger partial charge < -0.3 is 19.7 Å². The molecule has 1 N–H and O–H groups in total. The van der Waals surface area contributed by atoms with Crippen molar-refractivity contribution in [3.05, 3.63) is 48.7 Å². The summed E-state index contributed by atoms with van der Waals surface area (Å²) in [5.41, 5.74) is 0. The summed E-state index contributed by atoms with van der Waals surface area (Å²) in [5.74, 6) is 2.77. The van der Waals surface area contributed by atoms with Crippen molar-refractivity contribution >= 4 is 5.82 Å². The molecule has 3 heterocycles. The van der Waals surface area contributed by atoms with Crippen LogP contribution in [0, 0.1) is 0 Å². The zero-order chi connectivity index (χ0) is 17.6. The Morgan fingerprint density at radius 1 is 1.00 bits per heavy atom. The molecule has 6 heteroatoms. The van der Waals surface area contributed by atoms with Crippen molar-refractivity contribution in [1.82, 2.24) is 15.2 Å². The average molecular weight is 354 g/mol. The minimum Gasteiger partial charge on any atom is -0.486 e. The molecule has 2 aromatic rings. The van der Waals surface area contributed by atoms with Gasteiger partial charge in [-0.05, 0) is 24.3 Å². The number of fused-ring (bicyclic) bond motifs is 1. The maximum Gasteiger partial charge on any atom is 0.161 e. The Kier molecular flexibility index (Phi) is 5.52. The number of aromatic nitrogens is 1. The number of rotatable bonds is 6. The Bertz CT molecular complexity index is 689. The molecule has 6 nitrogen and oxygen atoms in total. The SMILES string of the molecule is c1ccc(N2CCN(CCNCC3COc4ccccc4O3)CC2)nc1. The molecule has 0 amide bonds. The van der Waals surface area contributed by atoms with Gasteiger partial charge in [-0.15, -0.1) is 0 Å². The molecule has 1 saturated heterocycles. The molecule has 4 rings (SSSR count). The summed E-state index contributed by atoms with van der Waals surface area (Å²) < 4.78 is 11.7. The van der Waals surface area contributed by atoms with E-state index in [1.165, 1.54) is 0 Å². The summed E-state index contributed by atoms with van der Waals surface area (Å²) in [5, 5.41) is 3.50. The molecule has 2 aliphatic rings. The molecule has 1 atom stereocenters. The lowest BCUT2D eigenvalue weighted by molar-refractivity contribution is 0.0898. The largest absolute Gasteiger partial charge is 0.486 e. The van der Waals surface area contributed by atoms with Crippen molar-refractivity contribution in [1.29, 1.82) is 0 Å². The molecular weight excluding hydrogens is 328 g/mol. The van der Waals surface area contributed by atoms with E-state index in [2.05, 4.69) is 26.2 Å². The van der Waals surface area contributed by atoms with Crippen molar-refractivity contribution in [2.45, 2.75) is 6.10 Å². The van der Waals surface area contributed by atoms with E-state index in [4.69, 9.17) is 9.47 Å². The summed E-state index contributed by atoms with van der Waals surface area (Å²) in [6.45, 7) is 7.66. The molecule has 0 spiro atoms. The number of hydrogen-bond donors (Lipinski definition) is 1. The fraction of sp³-hybridized carbons (Fsp3) is 0.450. The van der Waals surface area contributed by atoms with Crippen LogP contribution in [-0.2, 0) is 0 Å². The molecule has 26 heavy (non-hydrogen) atoms. The van der Waals surface area contributed by atoms with Gasteiger partial charge in [-0.2, -0.15) is 0 Å². The maximum atomic E-state index is 5.97. The van der Waals surface area contributed by atoms with E-state index in [-0.39, 0.29) is 6.10 Å². The smallest absolute Gasteiger partial charge is 0.161 e. The van der Waals surface area contributed by atoms with Gasteiger partial charge in [0.25, 0.3) is 0 Å². The molecule has 0 bridgehead atoms. The Labute approximate surface area is 154 Å². The lowest BCUT2D eigenvalue weighted by Gasteiger charge is -2.35. The Morgan fingerprint density at radius 2 is 1.81 bits per heavy atom. The second-order valence-electron chi connectivity index (χ2n) is 6.72. The summed E-state index contributed by atoms with van der Waals surface area (Å²) in [4.78, 5) is 9.30. The molecule has 2 aliphatic heterocycles. The van der Waals surface area contributed by atoms with Crippen LogP contribution in [0.4, 0.5) is 5.82 Å². The van der Waals surface area contributed by atoms with Gasteiger partial charge >= 0.3 is 0 Å². The van der Waals surface area contributed by atoms with Crippen molar-refractivity contribution in [3.8, 4) is 11.5 Å². The van der Waals surface area contributed by atoms with Crippen molar-refractivity contribution in [2.75, 3.05) is 57.3 Å². The molecule has 1 aromatic carbocycles. The number of benzene rings is 1. The third kappa shape index (κ3) is 4.26. The molecule has 0 aliphatic carbocycles. The zero-order valence-electron chi connectivity index (χ0n) is 15.0. The summed E-state index contributed by atoms with van der Waals surface area (Å²) in [7, 11) is 0. The Balaban J connectivity index is 1.13. The van der Waals surface area contributed by atoms with Gasteiger partial charge in [0.05, 0.1) is 0 Å². The first-order valence-electron chi connectivity index (χ1n) is 9.36. The first-order chi connectivity index (χ1) is 12.9. The number of hydrogen-bond acceptors (Lipinski definition) is 6. The van der Waals surface area contributed by atoms with E-state index in [9.17, 15) is 0 Å². The zero-order valence-corrected chi connectivity index (χ0v) is 15.0. The summed E-state index contributed by atoms with van der Waals surface area (Å²) in [6.07, 6.45) is 1.94. The fourth-order valence-electron chi connectivity index (χ4n) is 3.41. The Morgan fingerprint density at radius 3 is 2.62 bits per heavy atom. The van der Waals surface area contributed by atoms with Crippen LogP contribution in [0.3, 0.4) is 0 Å². The number of ether oxygens (including phenoxy) is 2. The van der Waals surface area contributed by atoms with E-state index >= 15 is 0 Å². The van der Waals surface area contributed by atoms with Crippen LogP contribution in [0.1, 0.15) is 0 Å². The fourth-order valence-corrected chi connectivity index (χ4v) is 3.41. The van der Waals surface area contributed by atoms with Crippen molar-refractivity contribution in [2.24, 2.45) is 0 Å². The maximum absolute atomic E-state index is 5.97. The summed E-state index contributed by atoms with van der Waals surface area (Å²) in [6, 6.07) is 13.9. The van der Waals surface area contributed by atoms with E-state index < -0.39 is 0 Å². The van der Waals surface area contributed by atoms with Crippen LogP contribution < -0.4 is 19.7 Å². The van der Waals surface area contributed by atoms with E-state index in [1.54, 1.807) is 0 Å². The normalized spacial score (nSPS) is 20.2. The minimum atomic E-state index is 0.0749. The molecular formula is C20H26N4O2. The minimum absolute atomic E-state index is 0.0749. The van der Waals surface area contributed by atoms with E-state index in [1.807, 2.05) is 42.6 Å². The first-order valence-corrected chi connectivity index (χ1v) is 9.36. The number of nitrogens with zero attached hydrogens (tertiary/aromatic N) is 3. The average Bonchev–Trinajstić information content (AvgIpc) is 2.72. The number of anilines is 1. The highest BCUT2D eigenvalue weighted by atomic mass is 16.6. The summed E-state index contributed by atoms with van der Waals surface area (Å²) >= 11 is 0. The highest BCUT2D eigenvalue weighted by Gasteiger charge is 2.21. The predicted octanol–water partition coefficient (Wildman–Crippen LogP) is 1.63. The van der Waals surface area contributed by atoms with E-state index in [0.717, 1.165) is 63.1 Å². The second kappa shape index (κ2) is 8.38. The van der Waals surface area contributed by atoms with Gasteiger partial charge in [-0.1, -0.05) is 18.2 Å². The molecule has 0 radical (unpaired) electrons. The van der Waals surface area contributed by atoms with Crippen molar-refractivity contribution in [3.63, 3.8) is 0 Å². The van der Waals surface area contributed by atoms with Gasteiger partial charge in [-0.3, -0.25) is 4.90 Å². The Hall–Kier alpha value is -2.31. The topological polar surface area (TPSA) is 49.9 Å². The van der Waals surface area contributed by atoms with Gasteiger partial charge in [0.1, 0.15) is 18.5 Å². The molecule has 1 unspecified atom stereocenters. The lowest BCUT2D eigenvalue weighted by Crippen LogP contribution is -2.49. The molecule has 138 valence electrons. The van der Waals surface area contributed by atoms with Crippen molar-refractivity contribution < 1.29 is 9.47 Å². The first kappa shape index (κ1) is 17.1. The van der Waals surface area contributed by atoms with Gasteiger partial charge in [0.15, 0.2) is 11.5 Å². The number of nitrogens with one attached hydrogen (secondary N) is 1. The van der Waals surface area contributed by atoms with Crippen LogP contribution in [0.25, 0.3) is 0 Å². The quantitative estimate of drug-likeness (QED) is 0.796. The van der Waals surface area contributed by atoms with Crippen LogP contribution in [0.2, 0.25) is 0 Å². The third-order valence-electron chi connectivity index (χ3n) is 4.89. The molecule has 0 saturated carbocycles. The van der Waals surface area contributed by atoms with Crippen LogP contribution >= 0.6 is 0 Å². The monoisotopic (exact) mass is 354 g/mol. The standard InChI is InChI=1S/C20H26N4O2/c1-2-6-19-18(5-1)25-16-17(26-19)15-21-9-10-23-11-13-24(14-12-23)20-7-3-4-8-22-20/h1-8,17,21H,9-16H2. The number of piperazine rings is 1. The lowest BCUT2D eigenvalue weighted by atomic mass is 10.2. The van der Waals surface area contributed by atoms with Gasteiger partial charge in [0, 0.05) is 52.0 Å².